The van der Waals surface area contributed by atoms with Crippen molar-refractivity contribution in [1.82, 2.24) is 19.3 Å². The van der Waals surface area contributed by atoms with Crippen LogP contribution in [0.3, 0.4) is 0 Å². The number of alkyl halides is 3. The van der Waals surface area contributed by atoms with Crippen LogP contribution in [0.1, 0.15) is 37.7 Å². The first-order valence-corrected chi connectivity index (χ1v) is 12.6. The van der Waals surface area contributed by atoms with Crippen molar-refractivity contribution >= 4 is 39.1 Å². The average molecular weight is 567 g/mol. The molecule has 40 heavy (non-hydrogen) atoms. The first-order chi connectivity index (χ1) is 18.8. The van der Waals surface area contributed by atoms with Gasteiger partial charge in [-0.2, -0.15) is 18.3 Å². The number of nitrogens with two attached hydrogens (primary N) is 1. The largest absolute Gasteiger partial charge is 0.416 e. The maximum Gasteiger partial charge on any atom is 0.416 e. The number of hydrogen-bond acceptors (Lipinski definition) is 6. The average Bonchev–Trinajstić information content (AvgIpc) is 3.42. The smallest absolute Gasteiger partial charge is 0.366 e. The Kier molecular flexibility index (Phi) is 6.54. The molecule has 0 unspecified atom stereocenters. The molecule has 0 spiro atoms. The first kappa shape index (κ1) is 26.8. The van der Waals surface area contributed by atoms with E-state index < -0.39 is 23.6 Å². The van der Waals surface area contributed by atoms with Gasteiger partial charge in [0.2, 0.25) is 5.91 Å². The standard InChI is InChI=1S/C27H21F3N6O3S/c1-13-9-18(36-14(2)34-35(3)26(36)39)7-8-19(13)25-33-21-12-16(27(28,29)30)11-20(22(21)40-25)24(38)32-17-6-4-5-15(10-17)23(31)37/h4-12H,1-3H3,(H2,31,37)(H,32,38). The van der Waals surface area contributed by atoms with E-state index in [-0.39, 0.29) is 32.7 Å². The summed E-state index contributed by atoms with van der Waals surface area (Å²) in [6.07, 6.45) is -4.72. The van der Waals surface area contributed by atoms with E-state index in [0.717, 1.165) is 29.0 Å². The third-order valence-electron chi connectivity index (χ3n) is 6.25. The van der Waals surface area contributed by atoms with Crippen LogP contribution in [0.2, 0.25) is 0 Å². The lowest BCUT2D eigenvalue weighted by Crippen LogP contribution is -2.21. The number of fused-ring (bicyclic) bond motifs is 1. The van der Waals surface area contributed by atoms with Crippen molar-refractivity contribution in [2.75, 3.05) is 5.32 Å². The number of hydrogen-bond donors (Lipinski definition) is 2. The van der Waals surface area contributed by atoms with Crippen molar-refractivity contribution in [3.05, 3.63) is 93.2 Å². The van der Waals surface area contributed by atoms with Crippen molar-refractivity contribution in [1.29, 1.82) is 0 Å². The number of aromatic nitrogens is 4. The monoisotopic (exact) mass is 566 g/mol. The molecule has 0 atom stereocenters. The van der Waals surface area contributed by atoms with Gasteiger partial charge >= 0.3 is 11.9 Å². The van der Waals surface area contributed by atoms with Crippen LogP contribution in [0, 0.1) is 13.8 Å². The number of primary amides is 1. The van der Waals surface area contributed by atoms with Gasteiger partial charge in [0.05, 0.1) is 27.0 Å². The molecule has 0 fully saturated rings. The fourth-order valence-corrected chi connectivity index (χ4v) is 5.49. The van der Waals surface area contributed by atoms with Crippen molar-refractivity contribution in [3.63, 3.8) is 0 Å². The molecule has 3 aromatic carbocycles. The van der Waals surface area contributed by atoms with E-state index in [2.05, 4.69) is 15.4 Å². The summed E-state index contributed by atoms with van der Waals surface area (Å²) in [5.41, 5.74) is 6.00. The maximum atomic E-state index is 13.8. The molecule has 0 bridgehead atoms. The van der Waals surface area contributed by atoms with Gasteiger partial charge in [-0.3, -0.25) is 9.59 Å². The Morgan fingerprint density at radius 3 is 2.42 bits per heavy atom. The van der Waals surface area contributed by atoms with Crippen molar-refractivity contribution < 1.29 is 22.8 Å². The predicted octanol–water partition coefficient (Wildman–Crippen LogP) is 4.83. The third kappa shape index (κ3) is 4.86. The topological polar surface area (TPSA) is 125 Å². The molecule has 0 aliphatic heterocycles. The lowest BCUT2D eigenvalue weighted by molar-refractivity contribution is -0.137. The highest BCUT2D eigenvalue weighted by atomic mass is 32.1. The minimum absolute atomic E-state index is 0.00802. The number of carbonyl (C=O) groups is 2. The molecule has 9 nitrogen and oxygen atoms in total. The van der Waals surface area contributed by atoms with Gasteiger partial charge < -0.3 is 11.1 Å². The fraction of sp³-hybridized carbons (Fsp3) is 0.148. The van der Waals surface area contributed by atoms with E-state index in [1.54, 1.807) is 39.1 Å². The minimum Gasteiger partial charge on any atom is -0.366 e. The Morgan fingerprint density at radius 2 is 1.80 bits per heavy atom. The number of halogens is 3. The summed E-state index contributed by atoms with van der Waals surface area (Å²) in [6, 6.07) is 12.7. The first-order valence-electron chi connectivity index (χ1n) is 11.8. The Balaban J connectivity index is 1.59. The van der Waals surface area contributed by atoms with E-state index in [1.165, 1.54) is 33.5 Å². The molecule has 13 heteroatoms. The van der Waals surface area contributed by atoms with Crippen LogP contribution in [0.4, 0.5) is 18.9 Å². The van der Waals surface area contributed by atoms with Gasteiger partial charge in [0.25, 0.3) is 5.91 Å². The zero-order chi connectivity index (χ0) is 28.9. The SMILES string of the molecule is Cc1cc(-n2c(C)nn(C)c2=O)ccc1-c1nc2cc(C(F)(F)F)cc(C(=O)Nc3cccc(C(N)=O)c3)c2s1. The zero-order valence-electron chi connectivity index (χ0n) is 21.3. The summed E-state index contributed by atoms with van der Waals surface area (Å²) < 4.78 is 44.2. The molecule has 0 saturated heterocycles. The van der Waals surface area contributed by atoms with Gasteiger partial charge in [-0.1, -0.05) is 6.07 Å². The van der Waals surface area contributed by atoms with E-state index >= 15 is 0 Å². The zero-order valence-corrected chi connectivity index (χ0v) is 22.1. The van der Waals surface area contributed by atoms with Crippen LogP contribution in [0.15, 0.2) is 59.4 Å². The van der Waals surface area contributed by atoms with E-state index in [0.29, 0.717) is 22.1 Å². The van der Waals surface area contributed by atoms with Crippen LogP contribution in [0.5, 0.6) is 0 Å². The van der Waals surface area contributed by atoms with Gasteiger partial charge in [0, 0.05) is 23.9 Å². The van der Waals surface area contributed by atoms with Gasteiger partial charge in [0.15, 0.2) is 0 Å². The molecule has 5 aromatic rings. The van der Waals surface area contributed by atoms with Gasteiger partial charge in [-0.15, -0.1) is 11.3 Å². The number of nitrogens with zero attached hydrogens (tertiary/aromatic N) is 4. The highest BCUT2D eigenvalue weighted by Gasteiger charge is 2.33. The van der Waals surface area contributed by atoms with Crippen LogP contribution in [0.25, 0.3) is 26.5 Å². The number of benzene rings is 3. The Morgan fingerprint density at radius 1 is 1.05 bits per heavy atom. The summed E-state index contributed by atoms with van der Waals surface area (Å²) >= 11 is 1.07. The molecule has 2 heterocycles. The van der Waals surface area contributed by atoms with E-state index in [4.69, 9.17) is 5.73 Å². The number of amides is 2. The summed E-state index contributed by atoms with van der Waals surface area (Å²) in [7, 11) is 1.55. The number of nitrogens with one attached hydrogen (secondary N) is 1. The quantitative estimate of drug-likeness (QED) is 0.315. The van der Waals surface area contributed by atoms with Gasteiger partial charge in [-0.05, 0) is 67.9 Å². The van der Waals surface area contributed by atoms with Crippen LogP contribution in [-0.4, -0.2) is 31.1 Å². The molecular weight excluding hydrogens is 545 g/mol. The normalized spacial score (nSPS) is 11.7. The molecule has 0 aliphatic carbocycles. The van der Waals surface area contributed by atoms with Gasteiger partial charge in [0.1, 0.15) is 10.8 Å². The van der Waals surface area contributed by atoms with Crippen LogP contribution in [-0.2, 0) is 13.2 Å². The maximum absolute atomic E-state index is 13.8. The summed E-state index contributed by atoms with van der Waals surface area (Å²) in [6.45, 7) is 3.50. The molecule has 204 valence electrons. The number of aryl methyl sites for hydroxylation is 3. The Hall–Kier alpha value is -4.78. The second-order valence-electron chi connectivity index (χ2n) is 9.08. The van der Waals surface area contributed by atoms with Crippen LogP contribution >= 0.6 is 11.3 Å². The lowest BCUT2D eigenvalue weighted by atomic mass is 10.1. The summed E-state index contributed by atoms with van der Waals surface area (Å²) in [5, 5.41) is 7.08. The molecule has 0 aliphatic rings. The molecule has 2 aromatic heterocycles. The predicted molar refractivity (Wildman–Crippen MR) is 145 cm³/mol. The Bertz CT molecular complexity index is 1890. The molecule has 2 amide bonds. The fourth-order valence-electron chi connectivity index (χ4n) is 4.34. The summed E-state index contributed by atoms with van der Waals surface area (Å²) in [4.78, 5) is 41.6. The molecular formula is C27H21F3N6O3S. The molecule has 3 N–H and O–H groups in total. The number of rotatable bonds is 5. The van der Waals surface area contributed by atoms with Gasteiger partial charge in [-0.25, -0.2) is 19.0 Å². The lowest BCUT2D eigenvalue weighted by Gasteiger charge is -2.11. The van der Waals surface area contributed by atoms with E-state index in [1.807, 2.05) is 0 Å². The highest BCUT2D eigenvalue weighted by molar-refractivity contribution is 7.22. The van der Waals surface area contributed by atoms with Crippen molar-refractivity contribution in [2.24, 2.45) is 12.8 Å². The Labute approximate surface area is 228 Å². The second kappa shape index (κ2) is 9.75. The van der Waals surface area contributed by atoms with Crippen LogP contribution < -0.4 is 16.7 Å². The number of carbonyl (C=O) groups excluding carboxylic acids is 2. The number of anilines is 1. The molecule has 5 rings (SSSR count). The third-order valence-corrected chi connectivity index (χ3v) is 7.39. The number of thiazole rings is 1. The second-order valence-corrected chi connectivity index (χ2v) is 10.1. The highest BCUT2D eigenvalue weighted by Crippen LogP contribution is 2.39. The van der Waals surface area contributed by atoms with Crippen molar-refractivity contribution in [3.8, 4) is 16.3 Å². The van der Waals surface area contributed by atoms with Crippen molar-refractivity contribution in [2.45, 2.75) is 20.0 Å². The minimum atomic E-state index is -4.72. The summed E-state index contributed by atoms with van der Waals surface area (Å²) in [5.74, 6) is -1.02. The molecule has 0 radical (unpaired) electrons. The molecule has 0 saturated carbocycles. The van der Waals surface area contributed by atoms with E-state index in [9.17, 15) is 27.6 Å².